The van der Waals surface area contributed by atoms with Gasteiger partial charge in [0.1, 0.15) is 6.61 Å². The molecule has 0 aliphatic carbocycles. The second-order valence-electron chi connectivity index (χ2n) is 4.28. The molecule has 0 saturated carbocycles. The molecule has 1 unspecified atom stereocenters. The Hall–Kier alpha value is -1.60. The topological polar surface area (TPSA) is 82.8 Å². The van der Waals surface area contributed by atoms with Gasteiger partial charge in [0.2, 0.25) is 5.88 Å². The van der Waals surface area contributed by atoms with Gasteiger partial charge < -0.3 is 19.3 Å². The molecular formula is C12H18N2O5. The van der Waals surface area contributed by atoms with Crippen LogP contribution in [-0.2, 0) is 9.47 Å². The van der Waals surface area contributed by atoms with Crippen molar-refractivity contribution in [2.45, 2.75) is 25.5 Å². The van der Waals surface area contributed by atoms with E-state index in [9.17, 15) is 4.79 Å². The molecule has 1 aliphatic heterocycles. The van der Waals surface area contributed by atoms with Gasteiger partial charge in [0.15, 0.2) is 11.9 Å². The SMILES string of the molecule is COCCOc1cc(C(=O)O)nn1C1CCCCO1. The molecule has 1 aliphatic rings. The first-order valence-electron chi connectivity index (χ1n) is 6.28. The quantitative estimate of drug-likeness (QED) is 0.785. The summed E-state index contributed by atoms with van der Waals surface area (Å²) in [6, 6.07) is 1.41. The minimum atomic E-state index is -1.08. The van der Waals surface area contributed by atoms with Crippen LogP contribution >= 0.6 is 0 Å². The molecule has 1 N–H and O–H groups in total. The van der Waals surface area contributed by atoms with Crippen LogP contribution in [0.5, 0.6) is 5.88 Å². The van der Waals surface area contributed by atoms with Gasteiger partial charge in [-0.05, 0) is 19.3 Å². The molecule has 1 aromatic heterocycles. The minimum absolute atomic E-state index is 0.0402. The van der Waals surface area contributed by atoms with Crippen LogP contribution in [0.4, 0.5) is 0 Å². The second kappa shape index (κ2) is 6.53. The van der Waals surface area contributed by atoms with Gasteiger partial charge in [0, 0.05) is 19.8 Å². The maximum Gasteiger partial charge on any atom is 0.356 e. The lowest BCUT2D eigenvalue weighted by molar-refractivity contribution is -0.0446. The number of nitrogens with zero attached hydrogens (tertiary/aromatic N) is 2. The summed E-state index contributed by atoms with van der Waals surface area (Å²) >= 11 is 0. The molecule has 0 amide bonds. The number of aromatic nitrogens is 2. The first-order valence-corrected chi connectivity index (χ1v) is 6.28. The van der Waals surface area contributed by atoms with Gasteiger partial charge in [-0.15, -0.1) is 0 Å². The maximum absolute atomic E-state index is 11.0. The lowest BCUT2D eigenvalue weighted by atomic mass is 10.2. The van der Waals surface area contributed by atoms with Crippen LogP contribution in [0, 0.1) is 0 Å². The number of ether oxygens (including phenoxy) is 3. The zero-order valence-corrected chi connectivity index (χ0v) is 10.9. The Bertz CT molecular complexity index is 426. The molecular weight excluding hydrogens is 252 g/mol. The highest BCUT2D eigenvalue weighted by Crippen LogP contribution is 2.27. The van der Waals surface area contributed by atoms with Crippen LogP contribution in [0.25, 0.3) is 0 Å². The summed E-state index contributed by atoms with van der Waals surface area (Å²) in [5.41, 5.74) is -0.0402. The summed E-state index contributed by atoms with van der Waals surface area (Å²) in [5, 5.41) is 13.0. The number of hydrogen-bond acceptors (Lipinski definition) is 5. The third-order valence-corrected chi connectivity index (χ3v) is 2.89. The summed E-state index contributed by atoms with van der Waals surface area (Å²) in [6.07, 6.45) is 2.61. The summed E-state index contributed by atoms with van der Waals surface area (Å²) in [4.78, 5) is 11.0. The molecule has 2 rings (SSSR count). The molecule has 2 heterocycles. The van der Waals surface area contributed by atoms with Crippen LogP contribution in [0.3, 0.4) is 0 Å². The third kappa shape index (κ3) is 3.45. The molecule has 0 bridgehead atoms. The molecule has 7 heteroatoms. The van der Waals surface area contributed by atoms with E-state index < -0.39 is 5.97 Å². The Balaban J connectivity index is 2.15. The number of carbonyl (C=O) groups is 1. The lowest BCUT2D eigenvalue weighted by Crippen LogP contribution is -2.21. The Kier molecular flexibility index (Phi) is 4.75. The van der Waals surface area contributed by atoms with E-state index in [0.717, 1.165) is 19.3 Å². The number of aromatic carboxylic acids is 1. The van der Waals surface area contributed by atoms with Crippen molar-refractivity contribution >= 4 is 5.97 Å². The average molecular weight is 270 g/mol. The van der Waals surface area contributed by atoms with E-state index in [4.69, 9.17) is 19.3 Å². The molecule has 19 heavy (non-hydrogen) atoms. The Morgan fingerprint density at radius 2 is 2.42 bits per heavy atom. The van der Waals surface area contributed by atoms with Crippen LogP contribution in [0.15, 0.2) is 6.07 Å². The smallest absolute Gasteiger partial charge is 0.356 e. The summed E-state index contributed by atoms with van der Waals surface area (Å²) < 4.78 is 17.5. The molecule has 7 nitrogen and oxygen atoms in total. The second-order valence-corrected chi connectivity index (χ2v) is 4.28. The van der Waals surface area contributed by atoms with Gasteiger partial charge in [0.25, 0.3) is 0 Å². The Labute approximate surface area is 111 Å². The highest BCUT2D eigenvalue weighted by Gasteiger charge is 2.23. The zero-order chi connectivity index (χ0) is 13.7. The van der Waals surface area contributed by atoms with Gasteiger partial charge in [0.05, 0.1) is 6.61 Å². The van der Waals surface area contributed by atoms with Crippen LogP contribution < -0.4 is 4.74 Å². The van der Waals surface area contributed by atoms with Crippen molar-refractivity contribution in [3.05, 3.63) is 11.8 Å². The molecule has 1 saturated heterocycles. The van der Waals surface area contributed by atoms with E-state index in [1.165, 1.54) is 10.7 Å². The highest BCUT2D eigenvalue weighted by atomic mass is 16.5. The largest absolute Gasteiger partial charge is 0.476 e. The Morgan fingerprint density at radius 1 is 1.58 bits per heavy atom. The minimum Gasteiger partial charge on any atom is -0.476 e. The van der Waals surface area contributed by atoms with Gasteiger partial charge in [-0.1, -0.05) is 0 Å². The molecule has 0 aromatic carbocycles. The van der Waals surface area contributed by atoms with E-state index in [1.54, 1.807) is 7.11 Å². The van der Waals surface area contributed by atoms with Crippen molar-refractivity contribution in [3.63, 3.8) is 0 Å². The predicted octanol–water partition coefficient (Wildman–Crippen LogP) is 1.31. The van der Waals surface area contributed by atoms with E-state index in [2.05, 4.69) is 5.10 Å². The van der Waals surface area contributed by atoms with Crippen LogP contribution in [0.2, 0.25) is 0 Å². The summed E-state index contributed by atoms with van der Waals surface area (Å²) in [6.45, 7) is 1.43. The van der Waals surface area contributed by atoms with Crippen molar-refractivity contribution in [1.82, 2.24) is 9.78 Å². The fourth-order valence-corrected chi connectivity index (χ4v) is 1.94. The number of carboxylic acid groups (broad SMARTS) is 1. The maximum atomic E-state index is 11.0. The Morgan fingerprint density at radius 3 is 3.05 bits per heavy atom. The molecule has 106 valence electrons. The highest BCUT2D eigenvalue weighted by molar-refractivity contribution is 5.85. The van der Waals surface area contributed by atoms with Crippen molar-refractivity contribution in [1.29, 1.82) is 0 Å². The summed E-state index contributed by atoms with van der Waals surface area (Å²) in [7, 11) is 1.58. The number of rotatable bonds is 6. The molecule has 1 aromatic rings. The van der Waals surface area contributed by atoms with Gasteiger partial charge in [-0.2, -0.15) is 5.10 Å². The first-order chi connectivity index (χ1) is 9.22. The van der Waals surface area contributed by atoms with Gasteiger partial charge >= 0.3 is 5.97 Å². The van der Waals surface area contributed by atoms with Crippen molar-refractivity contribution in [3.8, 4) is 5.88 Å². The van der Waals surface area contributed by atoms with Crippen molar-refractivity contribution in [2.75, 3.05) is 26.9 Å². The van der Waals surface area contributed by atoms with E-state index in [1.807, 2.05) is 0 Å². The normalized spacial score (nSPS) is 19.3. The van der Waals surface area contributed by atoms with E-state index >= 15 is 0 Å². The molecule has 0 radical (unpaired) electrons. The lowest BCUT2D eigenvalue weighted by Gasteiger charge is -2.24. The first kappa shape index (κ1) is 13.8. The fourth-order valence-electron chi connectivity index (χ4n) is 1.94. The van der Waals surface area contributed by atoms with Crippen LogP contribution in [-0.4, -0.2) is 47.8 Å². The fraction of sp³-hybridized carbons (Fsp3) is 0.667. The number of methoxy groups -OCH3 is 1. The van der Waals surface area contributed by atoms with E-state index in [0.29, 0.717) is 25.7 Å². The summed E-state index contributed by atoms with van der Waals surface area (Å²) in [5.74, 6) is -0.674. The van der Waals surface area contributed by atoms with Gasteiger partial charge in [-0.3, -0.25) is 0 Å². The third-order valence-electron chi connectivity index (χ3n) is 2.89. The average Bonchev–Trinajstić information content (AvgIpc) is 2.84. The van der Waals surface area contributed by atoms with Crippen molar-refractivity contribution < 1.29 is 24.1 Å². The standard InChI is InChI=1S/C12H18N2O5/c1-17-6-7-19-11-8-9(12(15)16)13-14(11)10-4-2-3-5-18-10/h8,10H,2-7H2,1H3,(H,15,16). The molecule has 1 fully saturated rings. The number of hydrogen-bond donors (Lipinski definition) is 1. The number of carboxylic acids is 1. The molecule has 0 spiro atoms. The molecule has 1 atom stereocenters. The van der Waals surface area contributed by atoms with E-state index in [-0.39, 0.29) is 11.9 Å². The van der Waals surface area contributed by atoms with Crippen LogP contribution in [0.1, 0.15) is 36.0 Å². The monoisotopic (exact) mass is 270 g/mol. The van der Waals surface area contributed by atoms with Gasteiger partial charge in [-0.25, -0.2) is 9.48 Å². The van der Waals surface area contributed by atoms with Crippen molar-refractivity contribution in [2.24, 2.45) is 0 Å². The zero-order valence-electron chi connectivity index (χ0n) is 10.9. The predicted molar refractivity (Wildman–Crippen MR) is 65.4 cm³/mol.